The molecular weight excluding hydrogens is 312 g/mol. The molecule has 0 heterocycles. The van der Waals surface area contributed by atoms with Crippen LogP contribution in [0.1, 0.15) is 83.1 Å². The van der Waals surface area contributed by atoms with E-state index in [1.807, 2.05) is 24.3 Å². The van der Waals surface area contributed by atoms with E-state index in [-0.39, 0.29) is 5.92 Å². The summed E-state index contributed by atoms with van der Waals surface area (Å²) in [5.41, 5.74) is 1.07. The highest BCUT2D eigenvalue weighted by molar-refractivity contribution is 5.70. The highest BCUT2D eigenvalue weighted by Gasteiger charge is 2.17. The predicted molar refractivity (Wildman–Crippen MR) is 104 cm³/mol. The number of unbranched alkanes of at least 4 members (excludes halogenated alkanes) is 9. The number of aliphatic carboxylic acids is 1. The molecule has 0 aliphatic heterocycles. The molecule has 0 bridgehead atoms. The first-order chi connectivity index (χ1) is 12.2. The number of carbonyl (C=O) groups is 1. The molecule has 1 unspecified atom stereocenters. The molecular formula is C22H36O3. The van der Waals surface area contributed by atoms with Crippen LogP contribution in [-0.2, 0) is 11.2 Å². The minimum absolute atomic E-state index is 0.276. The lowest BCUT2D eigenvalue weighted by molar-refractivity contribution is -0.142. The van der Waals surface area contributed by atoms with Gasteiger partial charge in [-0.1, -0.05) is 83.3 Å². The van der Waals surface area contributed by atoms with Crippen molar-refractivity contribution in [2.45, 2.75) is 84.0 Å². The van der Waals surface area contributed by atoms with Gasteiger partial charge in [-0.15, -0.1) is 0 Å². The van der Waals surface area contributed by atoms with Crippen LogP contribution in [-0.4, -0.2) is 18.2 Å². The fraction of sp³-hybridized carbons (Fsp3) is 0.682. The van der Waals surface area contributed by atoms with Gasteiger partial charge >= 0.3 is 5.97 Å². The molecule has 0 radical (unpaired) electrons. The first kappa shape index (κ1) is 21.5. The number of ether oxygens (including phenoxy) is 1. The fourth-order valence-corrected chi connectivity index (χ4v) is 3.24. The van der Waals surface area contributed by atoms with Crippen LogP contribution < -0.4 is 4.74 Å². The summed E-state index contributed by atoms with van der Waals surface area (Å²) in [5.74, 6) is -0.139. The van der Waals surface area contributed by atoms with E-state index in [1.165, 1.54) is 51.4 Å². The Morgan fingerprint density at radius 2 is 1.44 bits per heavy atom. The van der Waals surface area contributed by atoms with Crippen LogP contribution in [0.3, 0.4) is 0 Å². The average molecular weight is 349 g/mol. The maximum absolute atomic E-state index is 11.5. The van der Waals surface area contributed by atoms with Crippen molar-refractivity contribution in [1.29, 1.82) is 0 Å². The Bertz CT molecular complexity index is 453. The monoisotopic (exact) mass is 348 g/mol. The minimum Gasteiger partial charge on any atom is -0.497 e. The van der Waals surface area contributed by atoms with Crippen molar-refractivity contribution in [3.05, 3.63) is 29.8 Å². The quantitative estimate of drug-likeness (QED) is 0.381. The molecule has 1 aromatic carbocycles. The number of rotatable bonds is 15. The first-order valence-electron chi connectivity index (χ1n) is 10.0. The fourth-order valence-electron chi connectivity index (χ4n) is 3.24. The van der Waals surface area contributed by atoms with Crippen molar-refractivity contribution < 1.29 is 14.6 Å². The van der Waals surface area contributed by atoms with Crippen LogP contribution >= 0.6 is 0 Å². The van der Waals surface area contributed by atoms with E-state index in [0.29, 0.717) is 6.42 Å². The van der Waals surface area contributed by atoms with E-state index >= 15 is 0 Å². The molecule has 0 spiro atoms. The second kappa shape index (κ2) is 13.7. The molecule has 0 aliphatic rings. The molecule has 25 heavy (non-hydrogen) atoms. The zero-order chi connectivity index (χ0) is 18.3. The number of carboxylic acid groups (broad SMARTS) is 1. The van der Waals surface area contributed by atoms with Gasteiger partial charge in [0.05, 0.1) is 13.0 Å². The molecule has 0 aliphatic carbocycles. The SMILES string of the molecule is CCCCCCCCCCCCC(Cc1ccc(OC)cc1)C(=O)O. The van der Waals surface area contributed by atoms with Gasteiger partial charge in [-0.2, -0.15) is 0 Å². The van der Waals surface area contributed by atoms with Crippen molar-refractivity contribution in [2.24, 2.45) is 5.92 Å². The Labute approximate surface area is 153 Å². The Hall–Kier alpha value is -1.51. The molecule has 1 N–H and O–H groups in total. The van der Waals surface area contributed by atoms with E-state index in [1.54, 1.807) is 7.11 Å². The lowest BCUT2D eigenvalue weighted by Crippen LogP contribution is -2.16. The van der Waals surface area contributed by atoms with Gasteiger partial charge in [0.15, 0.2) is 0 Å². The van der Waals surface area contributed by atoms with Gasteiger partial charge in [-0.05, 0) is 30.5 Å². The molecule has 0 aromatic heterocycles. The molecule has 1 aromatic rings. The third kappa shape index (κ3) is 10.2. The zero-order valence-electron chi connectivity index (χ0n) is 16.1. The van der Waals surface area contributed by atoms with Crippen molar-refractivity contribution >= 4 is 5.97 Å². The van der Waals surface area contributed by atoms with Gasteiger partial charge in [0.2, 0.25) is 0 Å². The molecule has 3 heteroatoms. The van der Waals surface area contributed by atoms with Gasteiger partial charge in [-0.25, -0.2) is 0 Å². The topological polar surface area (TPSA) is 46.5 Å². The molecule has 0 fully saturated rings. The minimum atomic E-state index is -0.674. The van der Waals surface area contributed by atoms with Crippen LogP contribution in [0.5, 0.6) is 5.75 Å². The van der Waals surface area contributed by atoms with Crippen molar-refractivity contribution in [2.75, 3.05) is 7.11 Å². The summed E-state index contributed by atoms with van der Waals surface area (Å²) in [4.78, 5) is 11.5. The summed E-state index contributed by atoms with van der Waals surface area (Å²) in [6, 6.07) is 7.73. The van der Waals surface area contributed by atoms with E-state index < -0.39 is 5.97 Å². The molecule has 3 nitrogen and oxygen atoms in total. The van der Waals surface area contributed by atoms with Crippen LogP contribution in [0.2, 0.25) is 0 Å². The maximum atomic E-state index is 11.5. The first-order valence-corrected chi connectivity index (χ1v) is 10.0. The highest BCUT2D eigenvalue weighted by atomic mass is 16.5. The molecule has 0 saturated heterocycles. The second-order valence-corrected chi connectivity index (χ2v) is 7.06. The molecule has 142 valence electrons. The Morgan fingerprint density at radius 1 is 0.920 bits per heavy atom. The summed E-state index contributed by atoms with van der Waals surface area (Å²) in [5, 5.41) is 9.45. The van der Waals surface area contributed by atoms with Crippen LogP contribution in [0.15, 0.2) is 24.3 Å². The van der Waals surface area contributed by atoms with Crippen molar-refractivity contribution in [3.63, 3.8) is 0 Å². The number of hydrogen-bond acceptors (Lipinski definition) is 2. The van der Waals surface area contributed by atoms with E-state index in [2.05, 4.69) is 6.92 Å². The standard InChI is InChI=1S/C22H36O3/c1-3-4-5-6-7-8-9-10-11-12-13-20(22(23)24)18-19-14-16-21(25-2)17-15-19/h14-17,20H,3-13,18H2,1-2H3,(H,23,24). The Kier molecular flexibility index (Phi) is 11.8. The van der Waals surface area contributed by atoms with E-state index in [4.69, 9.17) is 4.74 Å². The van der Waals surface area contributed by atoms with Gasteiger partial charge in [0.1, 0.15) is 5.75 Å². The summed E-state index contributed by atoms with van der Waals surface area (Å²) >= 11 is 0. The molecule has 1 atom stereocenters. The molecule has 1 rings (SSSR count). The third-order valence-electron chi connectivity index (χ3n) is 4.90. The number of benzene rings is 1. The smallest absolute Gasteiger partial charge is 0.306 e. The van der Waals surface area contributed by atoms with Crippen LogP contribution in [0, 0.1) is 5.92 Å². The number of methoxy groups -OCH3 is 1. The Balaban J connectivity index is 2.15. The van der Waals surface area contributed by atoms with E-state index in [9.17, 15) is 9.90 Å². The summed E-state index contributed by atoms with van der Waals surface area (Å²) in [7, 11) is 1.64. The maximum Gasteiger partial charge on any atom is 0.306 e. The summed E-state index contributed by atoms with van der Waals surface area (Å²) < 4.78 is 5.14. The summed E-state index contributed by atoms with van der Waals surface area (Å²) in [6.45, 7) is 2.25. The molecule has 0 amide bonds. The van der Waals surface area contributed by atoms with Gasteiger partial charge in [-0.3, -0.25) is 4.79 Å². The third-order valence-corrected chi connectivity index (χ3v) is 4.90. The largest absolute Gasteiger partial charge is 0.497 e. The van der Waals surface area contributed by atoms with Gasteiger partial charge in [0, 0.05) is 0 Å². The van der Waals surface area contributed by atoms with Crippen molar-refractivity contribution in [1.82, 2.24) is 0 Å². The predicted octanol–water partition coefficient (Wildman–Crippen LogP) is 6.25. The van der Waals surface area contributed by atoms with E-state index in [0.717, 1.165) is 30.6 Å². The lowest BCUT2D eigenvalue weighted by Gasteiger charge is -2.12. The zero-order valence-corrected chi connectivity index (χ0v) is 16.1. The van der Waals surface area contributed by atoms with Gasteiger partial charge < -0.3 is 9.84 Å². The second-order valence-electron chi connectivity index (χ2n) is 7.06. The normalized spacial score (nSPS) is 12.1. The number of hydrogen-bond donors (Lipinski definition) is 1. The highest BCUT2D eigenvalue weighted by Crippen LogP contribution is 2.20. The number of carboxylic acids is 1. The van der Waals surface area contributed by atoms with Gasteiger partial charge in [0.25, 0.3) is 0 Å². The molecule has 0 saturated carbocycles. The Morgan fingerprint density at radius 3 is 1.92 bits per heavy atom. The van der Waals surface area contributed by atoms with Crippen molar-refractivity contribution in [3.8, 4) is 5.75 Å². The average Bonchev–Trinajstić information content (AvgIpc) is 2.62. The van der Waals surface area contributed by atoms with Crippen LogP contribution in [0.4, 0.5) is 0 Å². The summed E-state index contributed by atoms with van der Waals surface area (Å²) in [6.07, 6.45) is 14.2. The van der Waals surface area contributed by atoms with Crippen LogP contribution in [0.25, 0.3) is 0 Å². The lowest BCUT2D eigenvalue weighted by atomic mass is 9.93.